The molecule has 0 saturated heterocycles. The molecule has 22 heavy (non-hydrogen) atoms. The van der Waals surface area contributed by atoms with Crippen molar-refractivity contribution in [1.82, 2.24) is 30.3 Å². The third kappa shape index (κ3) is 3.33. The average molecular weight is 306 g/mol. The van der Waals surface area contributed by atoms with Gasteiger partial charge in [-0.2, -0.15) is 5.10 Å². The smallest absolute Gasteiger partial charge is 0.272 e. The van der Waals surface area contributed by atoms with E-state index in [-0.39, 0.29) is 11.9 Å². The summed E-state index contributed by atoms with van der Waals surface area (Å²) in [5.41, 5.74) is 2.28. The molecular formula is C14H22N6O2. The molecule has 0 aromatic carbocycles. The molecule has 1 unspecified atom stereocenters. The van der Waals surface area contributed by atoms with Gasteiger partial charge in [0, 0.05) is 24.9 Å². The Balaban J connectivity index is 2.08. The second-order valence-electron chi connectivity index (χ2n) is 5.10. The summed E-state index contributed by atoms with van der Waals surface area (Å²) in [6.07, 6.45) is 2.44. The van der Waals surface area contributed by atoms with Crippen molar-refractivity contribution in [3.63, 3.8) is 0 Å². The SMILES string of the molecule is CCc1[nH]nc(C(=O)NC(C)c2nncn2CCOC)c1C. The highest BCUT2D eigenvalue weighted by Gasteiger charge is 2.20. The molecule has 0 radical (unpaired) electrons. The molecule has 0 fully saturated rings. The van der Waals surface area contributed by atoms with Crippen LogP contribution < -0.4 is 5.32 Å². The van der Waals surface area contributed by atoms with Crippen molar-refractivity contribution in [3.8, 4) is 0 Å². The number of H-pyrrole nitrogens is 1. The number of ether oxygens (including phenoxy) is 1. The van der Waals surface area contributed by atoms with Crippen LogP contribution in [0.15, 0.2) is 6.33 Å². The minimum absolute atomic E-state index is 0.220. The summed E-state index contributed by atoms with van der Waals surface area (Å²) in [4.78, 5) is 12.3. The van der Waals surface area contributed by atoms with Gasteiger partial charge in [-0.1, -0.05) is 6.92 Å². The van der Waals surface area contributed by atoms with Crippen LogP contribution in [0.2, 0.25) is 0 Å². The number of nitrogens with one attached hydrogen (secondary N) is 2. The van der Waals surface area contributed by atoms with Crippen LogP contribution in [0.25, 0.3) is 0 Å². The number of nitrogens with zero attached hydrogens (tertiary/aromatic N) is 4. The van der Waals surface area contributed by atoms with Gasteiger partial charge < -0.3 is 14.6 Å². The van der Waals surface area contributed by atoms with Crippen molar-refractivity contribution in [2.75, 3.05) is 13.7 Å². The second kappa shape index (κ2) is 7.17. The number of aryl methyl sites for hydroxylation is 1. The lowest BCUT2D eigenvalue weighted by molar-refractivity contribution is 0.0931. The van der Waals surface area contributed by atoms with Gasteiger partial charge in [0.25, 0.3) is 5.91 Å². The standard InChI is InChI=1S/C14H22N6O2/c1-5-11-9(2)12(18-17-11)14(21)16-10(3)13-19-15-8-20(13)6-7-22-4/h8,10H,5-7H2,1-4H3,(H,16,21)(H,17,18). The quantitative estimate of drug-likeness (QED) is 0.795. The van der Waals surface area contributed by atoms with Gasteiger partial charge in [0.2, 0.25) is 0 Å². The normalized spacial score (nSPS) is 12.4. The second-order valence-corrected chi connectivity index (χ2v) is 5.10. The topological polar surface area (TPSA) is 97.7 Å². The van der Waals surface area contributed by atoms with Crippen LogP contribution in [-0.2, 0) is 17.7 Å². The van der Waals surface area contributed by atoms with Crippen molar-refractivity contribution >= 4 is 5.91 Å². The van der Waals surface area contributed by atoms with Crippen LogP contribution in [0.4, 0.5) is 0 Å². The lowest BCUT2D eigenvalue weighted by Gasteiger charge is -2.14. The first-order chi connectivity index (χ1) is 10.6. The van der Waals surface area contributed by atoms with Gasteiger partial charge in [-0.15, -0.1) is 10.2 Å². The van der Waals surface area contributed by atoms with E-state index in [9.17, 15) is 4.79 Å². The van der Waals surface area contributed by atoms with Crippen LogP contribution in [0.3, 0.4) is 0 Å². The maximum Gasteiger partial charge on any atom is 0.272 e. The third-order valence-electron chi connectivity index (χ3n) is 3.60. The monoisotopic (exact) mass is 306 g/mol. The number of carbonyl (C=O) groups is 1. The minimum atomic E-state index is -0.270. The van der Waals surface area contributed by atoms with Gasteiger partial charge in [-0.05, 0) is 20.3 Å². The van der Waals surface area contributed by atoms with E-state index in [1.807, 2.05) is 25.3 Å². The highest BCUT2D eigenvalue weighted by Crippen LogP contribution is 2.13. The van der Waals surface area contributed by atoms with Crippen molar-refractivity contribution in [1.29, 1.82) is 0 Å². The number of amides is 1. The van der Waals surface area contributed by atoms with Crippen LogP contribution in [-0.4, -0.2) is 44.6 Å². The average Bonchev–Trinajstić information content (AvgIpc) is 3.11. The molecular weight excluding hydrogens is 284 g/mol. The van der Waals surface area contributed by atoms with Crippen molar-refractivity contribution < 1.29 is 9.53 Å². The third-order valence-corrected chi connectivity index (χ3v) is 3.60. The number of aromatic nitrogens is 5. The Bertz CT molecular complexity index is 633. The van der Waals surface area contributed by atoms with E-state index in [1.165, 1.54) is 0 Å². The number of hydrogen-bond donors (Lipinski definition) is 2. The molecule has 1 amide bonds. The zero-order valence-corrected chi connectivity index (χ0v) is 13.4. The van der Waals surface area contributed by atoms with E-state index >= 15 is 0 Å². The molecule has 2 aromatic rings. The molecule has 1 atom stereocenters. The maximum atomic E-state index is 12.3. The number of carbonyl (C=O) groups excluding carboxylic acids is 1. The van der Waals surface area contributed by atoms with Crippen molar-refractivity contribution in [2.45, 2.75) is 39.8 Å². The van der Waals surface area contributed by atoms with Gasteiger partial charge in [-0.3, -0.25) is 9.89 Å². The molecule has 0 spiro atoms. The minimum Gasteiger partial charge on any atom is -0.383 e. The van der Waals surface area contributed by atoms with Crippen LogP contribution >= 0.6 is 0 Å². The number of hydrogen-bond acceptors (Lipinski definition) is 5. The van der Waals surface area contributed by atoms with E-state index < -0.39 is 0 Å². The zero-order chi connectivity index (χ0) is 16.1. The molecule has 8 nitrogen and oxygen atoms in total. The lowest BCUT2D eigenvalue weighted by Crippen LogP contribution is -2.29. The highest BCUT2D eigenvalue weighted by atomic mass is 16.5. The van der Waals surface area contributed by atoms with E-state index in [4.69, 9.17) is 4.74 Å². The zero-order valence-electron chi connectivity index (χ0n) is 13.4. The van der Waals surface area contributed by atoms with Gasteiger partial charge in [0.15, 0.2) is 11.5 Å². The van der Waals surface area contributed by atoms with Gasteiger partial charge in [0.05, 0.1) is 12.6 Å². The molecule has 2 aromatic heterocycles. The molecule has 2 N–H and O–H groups in total. The number of aromatic amines is 1. The first-order valence-electron chi connectivity index (χ1n) is 7.29. The molecule has 0 aliphatic heterocycles. The largest absolute Gasteiger partial charge is 0.383 e. The van der Waals surface area contributed by atoms with E-state index in [2.05, 4.69) is 25.7 Å². The van der Waals surface area contributed by atoms with Crippen molar-refractivity contribution in [3.05, 3.63) is 29.1 Å². The van der Waals surface area contributed by atoms with Crippen LogP contribution in [0.1, 0.15) is 47.5 Å². The molecule has 0 aliphatic carbocycles. The molecule has 8 heteroatoms. The molecule has 0 saturated carbocycles. The van der Waals surface area contributed by atoms with Crippen LogP contribution in [0, 0.1) is 6.92 Å². The molecule has 2 rings (SSSR count). The molecule has 0 aliphatic rings. The number of methoxy groups -OCH3 is 1. The van der Waals surface area contributed by atoms with Crippen LogP contribution in [0.5, 0.6) is 0 Å². The van der Waals surface area contributed by atoms with E-state index in [0.717, 1.165) is 17.7 Å². The van der Waals surface area contributed by atoms with E-state index in [0.29, 0.717) is 24.7 Å². The summed E-state index contributed by atoms with van der Waals surface area (Å²) in [6, 6.07) is -0.270. The summed E-state index contributed by atoms with van der Waals surface area (Å²) in [5.74, 6) is 0.469. The number of rotatable bonds is 7. The van der Waals surface area contributed by atoms with Gasteiger partial charge in [0.1, 0.15) is 6.33 Å². The fourth-order valence-corrected chi connectivity index (χ4v) is 2.29. The molecule has 120 valence electrons. The Kier molecular flexibility index (Phi) is 5.26. The Labute approximate surface area is 129 Å². The molecule has 0 bridgehead atoms. The fourth-order valence-electron chi connectivity index (χ4n) is 2.29. The predicted octanol–water partition coefficient (Wildman–Crippen LogP) is 1.01. The summed E-state index contributed by atoms with van der Waals surface area (Å²) < 4.78 is 6.92. The fraction of sp³-hybridized carbons (Fsp3) is 0.571. The first kappa shape index (κ1) is 16.2. The Hall–Kier alpha value is -2.22. The Morgan fingerprint density at radius 2 is 2.32 bits per heavy atom. The predicted molar refractivity (Wildman–Crippen MR) is 80.5 cm³/mol. The maximum absolute atomic E-state index is 12.3. The summed E-state index contributed by atoms with van der Waals surface area (Å²) in [5, 5.41) is 17.9. The summed E-state index contributed by atoms with van der Waals surface area (Å²) >= 11 is 0. The van der Waals surface area contributed by atoms with Gasteiger partial charge >= 0.3 is 0 Å². The lowest BCUT2D eigenvalue weighted by atomic mass is 10.1. The van der Waals surface area contributed by atoms with E-state index in [1.54, 1.807) is 13.4 Å². The van der Waals surface area contributed by atoms with Gasteiger partial charge in [-0.25, -0.2) is 0 Å². The summed E-state index contributed by atoms with van der Waals surface area (Å²) in [7, 11) is 1.64. The first-order valence-corrected chi connectivity index (χ1v) is 7.29. The Morgan fingerprint density at radius 1 is 1.55 bits per heavy atom. The molecule has 2 heterocycles. The summed E-state index contributed by atoms with van der Waals surface area (Å²) in [6.45, 7) is 6.98. The van der Waals surface area contributed by atoms with Crippen molar-refractivity contribution in [2.24, 2.45) is 0 Å². The highest BCUT2D eigenvalue weighted by molar-refractivity contribution is 5.94. The Morgan fingerprint density at radius 3 is 2.95 bits per heavy atom.